The van der Waals surface area contributed by atoms with Crippen molar-refractivity contribution < 1.29 is 0 Å². The second kappa shape index (κ2) is 4.46. The molecule has 3 rings (SSSR count). The molecule has 0 amide bonds. The second-order valence-corrected chi connectivity index (χ2v) is 4.86. The lowest BCUT2D eigenvalue weighted by atomic mass is 9.90. The normalized spacial score (nSPS) is 17.1. The summed E-state index contributed by atoms with van der Waals surface area (Å²) in [4.78, 5) is 12.3. The van der Waals surface area contributed by atoms with Gasteiger partial charge < -0.3 is 11.2 Å². The molecule has 1 saturated heterocycles. The maximum absolute atomic E-state index is 12.3. The SMILES string of the molecule is Nn1c(=O)c(C2CCNCC2)cc2ccccc21. The van der Waals surface area contributed by atoms with Gasteiger partial charge in [0.05, 0.1) is 5.52 Å². The van der Waals surface area contributed by atoms with Crippen LogP contribution in [-0.2, 0) is 0 Å². The molecule has 2 aromatic rings. The number of nitrogens with one attached hydrogen (secondary N) is 1. The van der Waals surface area contributed by atoms with Crippen LogP contribution in [0.1, 0.15) is 24.3 Å². The van der Waals surface area contributed by atoms with Crippen LogP contribution in [0.3, 0.4) is 0 Å². The minimum absolute atomic E-state index is 0.0550. The lowest BCUT2D eigenvalue weighted by Crippen LogP contribution is -2.34. The molecule has 0 spiro atoms. The van der Waals surface area contributed by atoms with E-state index in [2.05, 4.69) is 5.32 Å². The van der Waals surface area contributed by atoms with Gasteiger partial charge in [0.15, 0.2) is 0 Å². The van der Waals surface area contributed by atoms with E-state index in [9.17, 15) is 4.79 Å². The highest BCUT2D eigenvalue weighted by atomic mass is 16.1. The zero-order valence-corrected chi connectivity index (χ0v) is 10.2. The highest BCUT2D eigenvalue weighted by Gasteiger charge is 2.19. The zero-order chi connectivity index (χ0) is 12.5. The molecule has 0 atom stereocenters. The fourth-order valence-corrected chi connectivity index (χ4v) is 2.73. The van der Waals surface area contributed by atoms with Gasteiger partial charge in [0.25, 0.3) is 5.56 Å². The van der Waals surface area contributed by atoms with E-state index < -0.39 is 0 Å². The largest absolute Gasteiger partial charge is 0.336 e. The molecule has 3 N–H and O–H groups in total. The summed E-state index contributed by atoms with van der Waals surface area (Å²) in [5.41, 5.74) is 1.60. The summed E-state index contributed by atoms with van der Waals surface area (Å²) in [6.07, 6.45) is 2.02. The number of piperidine rings is 1. The Hall–Kier alpha value is -1.81. The molecule has 0 saturated carbocycles. The van der Waals surface area contributed by atoms with Gasteiger partial charge in [-0.2, -0.15) is 0 Å². The molecule has 0 unspecified atom stereocenters. The Balaban J connectivity index is 2.17. The molecule has 0 radical (unpaired) electrons. The summed E-state index contributed by atoms with van der Waals surface area (Å²) in [5.74, 6) is 6.25. The topological polar surface area (TPSA) is 60.0 Å². The van der Waals surface area contributed by atoms with Crippen LogP contribution in [0.15, 0.2) is 35.1 Å². The standard InChI is InChI=1S/C14H17N3O/c15-17-13-4-2-1-3-11(13)9-12(14(17)18)10-5-7-16-8-6-10/h1-4,9-10,16H,5-8,15H2. The third-order valence-corrected chi connectivity index (χ3v) is 3.75. The first-order chi connectivity index (χ1) is 8.77. The molecule has 4 nitrogen and oxygen atoms in total. The molecule has 1 aromatic heterocycles. The van der Waals surface area contributed by atoms with Crippen molar-refractivity contribution in [1.29, 1.82) is 0 Å². The first-order valence-electron chi connectivity index (χ1n) is 6.38. The number of aromatic nitrogens is 1. The van der Waals surface area contributed by atoms with Gasteiger partial charge in [-0.05, 0) is 44.0 Å². The molecule has 0 bridgehead atoms. The van der Waals surface area contributed by atoms with E-state index in [4.69, 9.17) is 5.84 Å². The third kappa shape index (κ3) is 1.78. The highest BCUT2D eigenvalue weighted by Crippen LogP contribution is 2.24. The number of hydrogen-bond donors (Lipinski definition) is 2. The molecule has 18 heavy (non-hydrogen) atoms. The summed E-state index contributed by atoms with van der Waals surface area (Å²) in [6.45, 7) is 1.95. The Morgan fingerprint density at radius 2 is 1.94 bits per heavy atom. The Labute approximate surface area is 105 Å². The number of rotatable bonds is 1. The molecule has 1 aromatic carbocycles. The van der Waals surface area contributed by atoms with Crippen molar-refractivity contribution in [3.63, 3.8) is 0 Å². The van der Waals surface area contributed by atoms with Crippen LogP contribution in [0.5, 0.6) is 0 Å². The Morgan fingerprint density at radius 1 is 1.22 bits per heavy atom. The van der Waals surface area contributed by atoms with Crippen molar-refractivity contribution in [3.8, 4) is 0 Å². The Bertz CT molecular complexity index is 626. The van der Waals surface area contributed by atoms with E-state index in [0.29, 0.717) is 5.92 Å². The third-order valence-electron chi connectivity index (χ3n) is 3.75. The van der Waals surface area contributed by atoms with Crippen LogP contribution in [0.25, 0.3) is 10.9 Å². The predicted molar refractivity (Wildman–Crippen MR) is 73.2 cm³/mol. The first kappa shape index (κ1) is 11.3. The Kier molecular flexibility index (Phi) is 2.80. The monoisotopic (exact) mass is 243 g/mol. The van der Waals surface area contributed by atoms with Gasteiger partial charge >= 0.3 is 0 Å². The van der Waals surface area contributed by atoms with E-state index in [1.165, 1.54) is 4.68 Å². The van der Waals surface area contributed by atoms with Crippen LogP contribution in [-0.4, -0.2) is 17.8 Å². The van der Waals surface area contributed by atoms with Crippen molar-refractivity contribution in [1.82, 2.24) is 9.99 Å². The number of hydrogen-bond acceptors (Lipinski definition) is 3. The summed E-state index contributed by atoms with van der Waals surface area (Å²) in [7, 11) is 0. The number of para-hydroxylation sites is 1. The zero-order valence-electron chi connectivity index (χ0n) is 10.2. The molecule has 4 heteroatoms. The van der Waals surface area contributed by atoms with Crippen LogP contribution in [0, 0.1) is 0 Å². The Morgan fingerprint density at radius 3 is 2.72 bits per heavy atom. The van der Waals surface area contributed by atoms with E-state index in [1.807, 2.05) is 30.3 Å². The highest BCUT2D eigenvalue weighted by molar-refractivity contribution is 5.79. The summed E-state index contributed by atoms with van der Waals surface area (Å²) >= 11 is 0. The smallest absolute Gasteiger partial charge is 0.272 e. The minimum atomic E-state index is -0.0550. The maximum atomic E-state index is 12.3. The second-order valence-electron chi connectivity index (χ2n) is 4.86. The van der Waals surface area contributed by atoms with Crippen molar-refractivity contribution in [3.05, 3.63) is 46.2 Å². The summed E-state index contributed by atoms with van der Waals surface area (Å²) in [5, 5.41) is 4.35. The van der Waals surface area contributed by atoms with Crippen molar-refractivity contribution in [2.45, 2.75) is 18.8 Å². The first-order valence-corrected chi connectivity index (χ1v) is 6.38. The van der Waals surface area contributed by atoms with E-state index >= 15 is 0 Å². The summed E-state index contributed by atoms with van der Waals surface area (Å²) < 4.78 is 1.28. The van der Waals surface area contributed by atoms with Gasteiger partial charge in [0.1, 0.15) is 0 Å². The van der Waals surface area contributed by atoms with E-state index in [-0.39, 0.29) is 5.56 Å². The van der Waals surface area contributed by atoms with Crippen LogP contribution in [0.4, 0.5) is 0 Å². The lowest BCUT2D eigenvalue weighted by molar-refractivity contribution is 0.457. The maximum Gasteiger partial charge on any atom is 0.272 e. The molecule has 1 aliphatic rings. The van der Waals surface area contributed by atoms with Gasteiger partial charge in [-0.3, -0.25) is 4.79 Å². The molecule has 2 heterocycles. The number of pyridine rings is 1. The van der Waals surface area contributed by atoms with Crippen molar-refractivity contribution in [2.24, 2.45) is 0 Å². The average Bonchev–Trinajstić information content (AvgIpc) is 2.44. The van der Waals surface area contributed by atoms with E-state index in [0.717, 1.165) is 42.4 Å². The lowest BCUT2D eigenvalue weighted by Gasteiger charge is -2.23. The van der Waals surface area contributed by atoms with Crippen LogP contribution in [0.2, 0.25) is 0 Å². The molecular weight excluding hydrogens is 226 g/mol. The molecule has 0 aliphatic carbocycles. The summed E-state index contributed by atoms with van der Waals surface area (Å²) in [6, 6.07) is 9.76. The number of nitrogens with zero attached hydrogens (tertiary/aromatic N) is 1. The fraction of sp³-hybridized carbons (Fsp3) is 0.357. The minimum Gasteiger partial charge on any atom is -0.336 e. The predicted octanol–water partition coefficient (Wildman–Crippen LogP) is 1.18. The number of fused-ring (bicyclic) bond motifs is 1. The van der Waals surface area contributed by atoms with Crippen molar-refractivity contribution in [2.75, 3.05) is 18.9 Å². The quantitative estimate of drug-likeness (QED) is 0.739. The van der Waals surface area contributed by atoms with E-state index in [1.54, 1.807) is 0 Å². The van der Waals surface area contributed by atoms with Gasteiger partial charge in [-0.15, -0.1) is 0 Å². The van der Waals surface area contributed by atoms with Gasteiger partial charge in [-0.25, -0.2) is 4.68 Å². The molecule has 1 fully saturated rings. The van der Waals surface area contributed by atoms with Gasteiger partial charge in [0.2, 0.25) is 0 Å². The molecule has 1 aliphatic heterocycles. The fourth-order valence-electron chi connectivity index (χ4n) is 2.73. The molecule has 94 valence electrons. The molecular formula is C14H17N3O. The number of nitrogens with two attached hydrogens (primary N) is 1. The van der Waals surface area contributed by atoms with Crippen molar-refractivity contribution >= 4 is 10.9 Å². The van der Waals surface area contributed by atoms with Gasteiger partial charge in [0, 0.05) is 10.9 Å². The van der Waals surface area contributed by atoms with Crippen LogP contribution >= 0.6 is 0 Å². The number of benzene rings is 1. The number of nitrogen functional groups attached to an aromatic ring is 1. The van der Waals surface area contributed by atoms with Crippen LogP contribution < -0.4 is 16.7 Å². The average molecular weight is 243 g/mol. The van der Waals surface area contributed by atoms with Gasteiger partial charge in [-0.1, -0.05) is 18.2 Å².